The Bertz CT molecular complexity index is 360. The van der Waals surface area contributed by atoms with Gasteiger partial charge in [-0.25, -0.2) is 0 Å². The van der Waals surface area contributed by atoms with Gasteiger partial charge in [0, 0.05) is 6.04 Å². The molecule has 18 heavy (non-hydrogen) atoms. The van der Waals surface area contributed by atoms with Gasteiger partial charge in [-0.3, -0.25) is 0 Å². The van der Waals surface area contributed by atoms with Crippen molar-refractivity contribution in [2.24, 2.45) is 5.92 Å². The smallest absolute Gasteiger partial charge is 0.0943 e. The van der Waals surface area contributed by atoms with Gasteiger partial charge in [-0.2, -0.15) is 0 Å². The van der Waals surface area contributed by atoms with Crippen LogP contribution in [0.25, 0.3) is 0 Å². The molecular weight excluding hydrogens is 222 g/mol. The van der Waals surface area contributed by atoms with Gasteiger partial charge in [0.1, 0.15) is 0 Å². The molecule has 0 aromatic heterocycles. The highest BCUT2D eigenvalue weighted by molar-refractivity contribution is 5.25. The molecule has 0 amide bonds. The zero-order chi connectivity index (χ0) is 13.0. The summed E-state index contributed by atoms with van der Waals surface area (Å²) in [5.74, 6) is 0.765. The van der Waals surface area contributed by atoms with Gasteiger partial charge in [0.05, 0.1) is 6.10 Å². The van der Waals surface area contributed by atoms with Gasteiger partial charge < -0.3 is 10.4 Å². The summed E-state index contributed by atoms with van der Waals surface area (Å²) in [5, 5.41) is 13.9. The van der Waals surface area contributed by atoms with Crippen LogP contribution in [-0.4, -0.2) is 17.7 Å². The van der Waals surface area contributed by atoms with E-state index in [2.05, 4.69) is 43.4 Å². The molecule has 1 aliphatic heterocycles. The van der Waals surface area contributed by atoms with E-state index in [4.69, 9.17) is 0 Å². The van der Waals surface area contributed by atoms with Crippen LogP contribution in [0.5, 0.6) is 0 Å². The molecule has 0 radical (unpaired) electrons. The van der Waals surface area contributed by atoms with Crippen molar-refractivity contribution in [2.45, 2.75) is 51.7 Å². The number of aliphatic hydroxyl groups excluding tert-OH is 1. The summed E-state index contributed by atoms with van der Waals surface area (Å²) in [7, 11) is 0. The molecule has 0 aliphatic carbocycles. The maximum atomic E-state index is 10.5. The lowest BCUT2D eigenvalue weighted by atomic mass is 9.86. The molecule has 100 valence electrons. The third kappa shape index (κ3) is 3.12. The number of hydrogen-bond donors (Lipinski definition) is 2. The molecule has 3 unspecified atom stereocenters. The molecule has 1 aromatic carbocycles. The second-order valence-electron chi connectivity index (χ2n) is 5.40. The van der Waals surface area contributed by atoms with Crippen molar-refractivity contribution in [3.05, 3.63) is 35.4 Å². The molecule has 1 aromatic rings. The monoisotopic (exact) mass is 247 g/mol. The fraction of sp³-hybridized carbons (Fsp3) is 0.625. The lowest BCUT2D eigenvalue weighted by molar-refractivity contribution is 0.0979. The molecule has 3 atom stereocenters. The van der Waals surface area contributed by atoms with Gasteiger partial charge >= 0.3 is 0 Å². The summed E-state index contributed by atoms with van der Waals surface area (Å²) in [4.78, 5) is 0. The predicted octanol–water partition coefficient (Wildman–Crippen LogP) is 3.06. The Morgan fingerprint density at radius 2 is 2.00 bits per heavy atom. The van der Waals surface area contributed by atoms with Gasteiger partial charge in [-0.1, -0.05) is 44.5 Å². The SMILES string of the molecule is CCc1ccc(C(O)C2CC(CC)CCN2)cc1. The largest absolute Gasteiger partial charge is 0.387 e. The van der Waals surface area contributed by atoms with Gasteiger partial charge in [0.25, 0.3) is 0 Å². The molecule has 2 rings (SSSR count). The van der Waals surface area contributed by atoms with Crippen molar-refractivity contribution in [1.82, 2.24) is 5.32 Å². The molecule has 1 saturated heterocycles. The topological polar surface area (TPSA) is 32.3 Å². The molecule has 0 bridgehead atoms. The fourth-order valence-electron chi connectivity index (χ4n) is 2.83. The van der Waals surface area contributed by atoms with E-state index in [1.165, 1.54) is 18.4 Å². The van der Waals surface area contributed by atoms with Gasteiger partial charge in [0.15, 0.2) is 0 Å². The molecular formula is C16H25NO. The van der Waals surface area contributed by atoms with E-state index in [1.807, 2.05) is 0 Å². The number of rotatable bonds is 4. The molecule has 2 heteroatoms. The van der Waals surface area contributed by atoms with Crippen molar-refractivity contribution in [1.29, 1.82) is 0 Å². The Morgan fingerprint density at radius 1 is 1.28 bits per heavy atom. The van der Waals surface area contributed by atoms with E-state index in [-0.39, 0.29) is 12.1 Å². The highest BCUT2D eigenvalue weighted by atomic mass is 16.3. The Balaban J connectivity index is 2.02. The second kappa shape index (κ2) is 6.35. The van der Waals surface area contributed by atoms with Crippen LogP contribution in [0.2, 0.25) is 0 Å². The minimum absolute atomic E-state index is 0.219. The summed E-state index contributed by atoms with van der Waals surface area (Å²) in [5.41, 5.74) is 2.37. The zero-order valence-electron chi connectivity index (χ0n) is 11.5. The van der Waals surface area contributed by atoms with Gasteiger partial charge in [-0.05, 0) is 42.9 Å². The summed E-state index contributed by atoms with van der Waals surface area (Å²) in [6.07, 6.45) is 4.24. The summed E-state index contributed by atoms with van der Waals surface area (Å²) in [6.45, 7) is 5.43. The Hall–Kier alpha value is -0.860. The maximum absolute atomic E-state index is 10.5. The predicted molar refractivity (Wildman–Crippen MR) is 75.6 cm³/mol. The lowest BCUT2D eigenvalue weighted by Gasteiger charge is -2.33. The standard InChI is InChI=1S/C16H25NO/c1-3-12-5-7-14(8-6-12)16(18)15-11-13(4-2)9-10-17-15/h5-8,13,15-18H,3-4,9-11H2,1-2H3. The minimum atomic E-state index is -0.370. The number of aliphatic hydroxyl groups is 1. The van der Waals surface area contributed by atoms with Crippen molar-refractivity contribution in [3.63, 3.8) is 0 Å². The quantitative estimate of drug-likeness (QED) is 0.857. The molecule has 1 fully saturated rings. The molecule has 1 heterocycles. The first kappa shape index (κ1) is 13.6. The molecule has 1 aliphatic rings. The minimum Gasteiger partial charge on any atom is -0.387 e. The Labute approximate surface area is 110 Å². The van der Waals surface area contributed by atoms with Crippen LogP contribution in [0, 0.1) is 5.92 Å². The van der Waals surface area contributed by atoms with E-state index >= 15 is 0 Å². The third-order valence-corrected chi connectivity index (χ3v) is 4.23. The number of nitrogens with one attached hydrogen (secondary N) is 1. The number of benzene rings is 1. The van der Waals surface area contributed by atoms with Crippen molar-refractivity contribution < 1.29 is 5.11 Å². The summed E-state index contributed by atoms with van der Waals surface area (Å²) < 4.78 is 0. The second-order valence-corrected chi connectivity index (χ2v) is 5.40. The summed E-state index contributed by atoms with van der Waals surface area (Å²) >= 11 is 0. The van der Waals surface area contributed by atoms with Crippen molar-refractivity contribution in [2.75, 3.05) is 6.54 Å². The lowest BCUT2D eigenvalue weighted by Crippen LogP contribution is -2.42. The molecule has 2 nitrogen and oxygen atoms in total. The fourth-order valence-corrected chi connectivity index (χ4v) is 2.83. The van der Waals surface area contributed by atoms with E-state index in [1.54, 1.807) is 0 Å². The van der Waals surface area contributed by atoms with Crippen LogP contribution in [0.3, 0.4) is 0 Å². The van der Waals surface area contributed by atoms with E-state index < -0.39 is 0 Å². The Morgan fingerprint density at radius 3 is 2.61 bits per heavy atom. The summed E-state index contributed by atoms with van der Waals surface area (Å²) in [6, 6.07) is 8.61. The van der Waals surface area contributed by atoms with E-state index in [0.717, 1.165) is 30.9 Å². The van der Waals surface area contributed by atoms with Crippen molar-refractivity contribution >= 4 is 0 Å². The van der Waals surface area contributed by atoms with Gasteiger partial charge in [0.2, 0.25) is 0 Å². The van der Waals surface area contributed by atoms with E-state index in [9.17, 15) is 5.11 Å². The average Bonchev–Trinajstić information content (AvgIpc) is 2.46. The molecule has 0 saturated carbocycles. The first-order chi connectivity index (χ1) is 8.74. The third-order valence-electron chi connectivity index (χ3n) is 4.23. The first-order valence-corrected chi connectivity index (χ1v) is 7.24. The van der Waals surface area contributed by atoms with Crippen molar-refractivity contribution in [3.8, 4) is 0 Å². The highest BCUT2D eigenvalue weighted by Crippen LogP contribution is 2.27. The zero-order valence-corrected chi connectivity index (χ0v) is 11.5. The number of hydrogen-bond acceptors (Lipinski definition) is 2. The Kier molecular flexibility index (Phi) is 4.79. The highest BCUT2D eigenvalue weighted by Gasteiger charge is 2.26. The van der Waals surface area contributed by atoms with Crippen LogP contribution < -0.4 is 5.32 Å². The van der Waals surface area contributed by atoms with Gasteiger partial charge in [-0.15, -0.1) is 0 Å². The van der Waals surface area contributed by atoms with Crippen LogP contribution in [0.1, 0.15) is 50.3 Å². The maximum Gasteiger partial charge on any atom is 0.0943 e. The normalized spacial score (nSPS) is 25.9. The average molecular weight is 247 g/mol. The van der Waals surface area contributed by atoms with Crippen LogP contribution in [-0.2, 0) is 6.42 Å². The van der Waals surface area contributed by atoms with Crippen LogP contribution in [0.4, 0.5) is 0 Å². The van der Waals surface area contributed by atoms with Crippen LogP contribution >= 0.6 is 0 Å². The first-order valence-electron chi connectivity index (χ1n) is 7.24. The molecule has 2 N–H and O–H groups in total. The molecule has 0 spiro atoms. The number of aryl methyl sites for hydroxylation is 1. The van der Waals surface area contributed by atoms with E-state index in [0.29, 0.717) is 0 Å². The number of piperidine rings is 1. The van der Waals surface area contributed by atoms with Crippen LogP contribution in [0.15, 0.2) is 24.3 Å².